The number of hydrogen-bond donors (Lipinski definition) is 0. The van der Waals surface area contributed by atoms with E-state index in [1.54, 1.807) is 7.11 Å². The van der Waals surface area contributed by atoms with Crippen molar-refractivity contribution in [1.82, 2.24) is 9.80 Å². The molecule has 2 aliphatic rings. The van der Waals surface area contributed by atoms with Crippen LogP contribution in [0.5, 0.6) is 17.2 Å². The second-order valence-corrected chi connectivity index (χ2v) is 6.58. The van der Waals surface area contributed by atoms with Gasteiger partial charge in [0.2, 0.25) is 0 Å². The molecule has 0 amide bonds. The van der Waals surface area contributed by atoms with Gasteiger partial charge in [0.1, 0.15) is 5.75 Å². The molecule has 3 rings (SSSR count). The molecular weight excluding hydrogens is 304 g/mol. The first kappa shape index (κ1) is 17.4. The van der Waals surface area contributed by atoms with Crippen molar-refractivity contribution in [3.05, 3.63) is 17.7 Å². The number of hydrogen-bond acceptors (Lipinski definition) is 5. The molecule has 5 heteroatoms. The third kappa shape index (κ3) is 4.33. The summed E-state index contributed by atoms with van der Waals surface area (Å²) in [7, 11) is 1.73. The number of likely N-dealkylation sites (N-methyl/N-ethyl adjacent to an activating group) is 1. The van der Waals surface area contributed by atoms with Crippen LogP contribution in [0.3, 0.4) is 0 Å². The molecule has 0 saturated carbocycles. The van der Waals surface area contributed by atoms with Crippen molar-refractivity contribution in [1.29, 1.82) is 0 Å². The van der Waals surface area contributed by atoms with Gasteiger partial charge in [-0.05, 0) is 38.5 Å². The van der Waals surface area contributed by atoms with Gasteiger partial charge in [0.05, 0.1) is 20.3 Å². The van der Waals surface area contributed by atoms with Gasteiger partial charge in [0, 0.05) is 37.7 Å². The largest absolute Gasteiger partial charge is 0.496 e. The van der Waals surface area contributed by atoms with E-state index in [1.165, 1.54) is 31.5 Å². The van der Waals surface area contributed by atoms with Gasteiger partial charge in [-0.1, -0.05) is 6.92 Å². The zero-order valence-corrected chi connectivity index (χ0v) is 15.1. The van der Waals surface area contributed by atoms with Crippen molar-refractivity contribution < 1.29 is 14.2 Å². The highest BCUT2D eigenvalue weighted by molar-refractivity contribution is 5.51. The lowest BCUT2D eigenvalue weighted by Gasteiger charge is -2.25. The van der Waals surface area contributed by atoms with Crippen LogP contribution in [0.1, 0.15) is 31.7 Å². The van der Waals surface area contributed by atoms with E-state index in [2.05, 4.69) is 22.8 Å². The molecular formula is C19H30N2O3. The summed E-state index contributed by atoms with van der Waals surface area (Å²) < 4.78 is 17.2. The maximum Gasteiger partial charge on any atom is 0.164 e. The van der Waals surface area contributed by atoms with Crippen molar-refractivity contribution in [3.8, 4) is 17.2 Å². The molecule has 0 atom stereocenters. The summed E-state index contributed by atoms with van der Waals surface area (Å²) in [6.07, 6.45) is 3.62. The molecule has 1 saturated heterocycles. The van der Waals surface area contributed by atoms with Gasteiger partial charge in [-0.25, -0.2) is 0 Å². The van der Waals surface area contributed by atoms with Crippen LogP contribution < -0.4 is 14.2 Å². The maximum absolute atomic E-state index is 5.84. The molecule has 2 heterocycles. The van der Waals surface area contributed by atoms with Crippen molar-refractivity contribution in [2.24, 2.45) is 0 Å². The third-order valence-corrected chi connectivity index (χ3v) is 4.92. The number of ether oxygens (including phenoxy) is 3. The SMILES string of the molecule is CCN(CCN1CCCC1)Cc1cc2c(cc1OC)OCCCO2. The molecule has 0 aliphatic carbocycles. The third-order valence-electron chi connectivity index (χ3n) is 4.92. The van der Waals surface area contributed by atoms with Crippen molar-refractivity contribution in [2.45, 2.75) is 32.7 Å². The summed E-state index contributed by atoms with van der Waals surface area (Å²) in [5.74, 6) is 2.53. The second kappa shape index (κ2) is 8.58. The lowest BCUT2D eigenvalue weighted by atomic mass is 10.1. The Bertz CT molecular complexity index is 530. The molecule has 5 nitrogen and oxygen atoms in total. The van der Waals surface area contributed by atoms with E-state index in [0.29, 0.717) is 13.2 Å². The van der Waals surface area contributed by atoms with Crippen LogP contribution in [0.25, 0.3) is 0 Å². The first-order chi connectivity index (χ1) is 11.8. The zero-order valence-electron chi connectivity index (χ0n) is 15.1. The minimum Gasteiger partial charge on any atom is -0.496 e. The number of methoxy groups -OCH3 is 1. The fraction of sp³-hybridized carbons (Fsp3) is 0.684. The van der Waals surface area contributed by atoms with Crippen LogP contribution in [0.4, 0.5) is 0 Å². The number of likely N-dealkylation sites (tertiary alicyclic amines) is 1. The smallest absolute Gasteiger partial charge is 0.164 e. The predicted molar refractivity (Wildman–Crippen MR) is 95.2 cm³/mol. The summed E-state index contributed by atoms with van der Waals surface area (Å²) in [4.78, 5) is 5.04. The molecule has 0 N–H and O–H groups in total. The Balaban J connectivity index is 1.68. The van der Waals surface area contributed by atoms with Gasteiger partial charge in [0.15, 0.2) is 11.5 Å². The average molecular weight is 334 g/mol. The fourth-order valence-electron chi connectivity index (χ4n) is 3.42. The van der Waals surface area contributed by atoms with Crippen LogP contribution in [0.2, 0.25) is 0 Å². The Morgan fingerprint density at radius 1 is 1.08 bits per heavy atom. The van der Waals surface area contributed by atoms with Crippen molar-refractivity contribution >= 4 is 0 Å². The predicted octanol–water partition coefficient (Wildman–Crippen LogP) is 2.77. The van der Waals surface area contributed by atoms with Crippen molar-refractivity contribution in [2.75, 3.05) is 53.0 Å². The van der Waals surface area contributed by atoms with E-state index < -0.39 is 0 Å². The van der Waals surface area contributed by atoms with E-state index in [1.807, 2.05) is 6.07 Å². The summed E-state index contributed by atoms with van der Waals surface area (Å²) >= 11 is 0. The van der Waals surface area contributed by atoms with Crippen LogP contribution in [-0.4, -0.2) is 62.8 Å². The molecule has 0 aromatic heterocycles. The Hall–Kier alpha value is -1.46. The Kier molecular flexibility index (Phi) is 6.21. The number of fused-ring (bicyclic) bond motifs is 1. The highest BCUT2D eigenvalue weighted by Gasteiger charge is 2.18. The standard InChI is InChI=1S/C19H30N2O3/c1-3-20(9-10-21-7-4-5-8-21)15-16-13-18-19(14-17(16)22-2)24-12-6-11-23-18/h13-14H,3-12,15H2,1-2H3. The minimum atomic E-state index is 0.701. The molecule has 134 valence electrons. The van der Waals surface area contributed by atoms with Crippen molar-refractivity contribution in [3.63, 3.8) is 0 Å². The summed E-state index contributed by atoms with van der Waals surface area (Å²) in [6.45, 7) is 10.3. The molecule has 0 spiro atoms. The summed E-state index contributed by atoms with van der Waals surface area (Å²) in [5.41, 5.74) is 1.17. The zero-order chi connectivity index (χ0) is 16.8. The highest BCUT2D eigenvalue weighted by atomic mass is 16.5. The number of rotatable bonds is 7. The van der Waals surface area contributed by atoms with Gasteiger partial charge in [0.25, 0.3) is 0 Å². The van der Waals surface area contributed by atoms with Crippen LogP contribution in [-0.2, 0) is 6.54 Å². The monoisotopic (exact) mass is 334 g/mol. The molecule has 2 aliphatic heterocycles. The maximum atomic E-state index is 5.84. The lowest BCUT2D eigenvalue weighted by Crippen LogP contribution is -2.33. The Morgan fingerprint density at radius 3 is 2.46 bits per heavy atom. The van der Waals surface area contributed by atoms with Crippen LogP contribution in [0.15, 0.2) is 12.1 Å². The summed E-state index contributed by atoms with van der Waals surface area (Å²) in [5, 5.41) is 0. The molecule has 0 bridgehead atoms. The molecule has 0 unspecified atom stereocenters. The lowest BCUT2D eigenvalue weighted by molar-refractivity contribution is 0.224. The quantitative estimate of drug-likeness (QED) is 0.766. The van der Waals surface area contributed by atoms with E-state index in [0.717, 1.165) is 49.8 Å². The van der Waals surface area contributed by atoms with Gasteiger partial charge >= 0.3 is 0 Å². The van der Waals surface area contributed by atoms with Gasteiger partial charge < -0.3 is 19.1 Å². The first-order valence-electron chi connectivity index (χ1n) is 9.21. The van der Waals surface area contributed by atoms with Gasteiger partial charge in [-0.3, -0.25) is 4.90 Å². The molecule has 1 aromatic rings. The van der Waals surface area contributed by atoms with E-state index in [9.17, 15) is 0 Å². The second-order valence-electron chi connectivity index (χ2n) is 6.58. The van der Waals surface area contributed by atoms with Gasteiger partial charge in [-0.2, -0.15) is 0 Å². The van der Waals surface area contributed by atoms with E-state index in [4.69, 9.17) is 14.2 Å². The highest BCUT2D eigenvalue weighted by Crippen LogP contribution is 2.36. The molecule has 1 aromatic carbocycles. The fourth-order valence-corrected chi connectivity index (χ4v) is 3.42. The number of benzene rings is 1. The minimum absolute atomic E-state index is 0.701. The molecule has 24 heavy (non-hydrogen) atoms. The van der Waals surface area contributed by atoms with E-state index >= 15 is 0 Å². The Morgan fingerprint density at radius 2 is 1.79 bits per heavy atom. The van der Waals surface area contributed by atoms with Gasteiger partial charge in [-0.15, -0.1) is 0 Å². The average Bonchev–Trinajstić information content (AvgIpc) is 3.02. The molecule has 0 radical (unpaired) electrons. The first-order valence-corrected chi connectivity index (χ1v) is 9.21. The Labute approximate surface area is 145 Å². The molecule has 1 fully saturated rings. The van der Waals surface area contributed by atoms with Crippen LogP contribution >= 0.6 is 0 Å². The normalized spacial score (nSPS) is 18.0. The van der Waals surface area contributed by atoms with Crippen LogP contribution in [0, 0.1) is 0 Å². The van der Waals surface area contributed by atoms with E-state index in [-0.39, 0.29) is 0 Å². The number of nitrogens with zero attached hydrogens (tertiary/aromatic N) is 2. The topological polar surface area (TPSA) is 34.2 Å². The summed E-state index contributed by atoms with van der Waals surface area (Å²) in [6, 6.07) is 4.07.